The van der Waals surface area contributed by atoms with Gasteiger partial charge < -0.3 is 71.4 Å². The molecule has 3 unspecified atom stereocenters. The van der Waals surface area contributed by atoms with Gasteiger partial charge in [0, 0.05) is 71.1 Å². The Morgan fingerprint density at radius 2 is 0.778 bits per heavy atom. The van der Waals surface area contributed by atoms with Gasteiger partial charge in [-0.15, -0.1) is 0 Å². The summed E-state index contributed by atoms with van der Waals surface area (Å²) in [5.41, 5.74) is 0. The molecule has 15 atom stereocenters. The molecule has 266 valence electrons. The van der Waals surface area contributed by atoms with E-state index in [0.717, 1.165) is 0 Å². The van der Waals surface area contributed by atoms with Crippen molar-refractivity contribution < 1.29 is 81.2 Å². The predicted molar refractivity (Wildman–Crippen MR) is 150 cm³/mol. The van der Waals surface area contributed by atoms with Crippen molar-refractivity contribution in [3.8, 4) is 0 Å². The van der Waals surface area contributed by atoms with Crippen LogP contribution >= 0.6 is 0 Å². The van der Waals surface area contributed by atoms with Crippen molar-refractivity contribution in [3.63, 3.8) is 0 Å². The molecule has 0 aromatic heterocycles. The van der Waals surface area contributed by atoms with Gasteiger partial charge in [0.2, 0.25) is 6.29 Å². The van der Waals surface area contributed by atoms with Crippen LogP contribution in [0.5, 0.6) is 0 Å². The molecule has 3 saturated heterocycles. The lowest BCUT2D eigenvalue weighted by Crippen LogP contribution is -2.63. The molecule has 45 heavy (non-hydrogen) atoms. The van der Waals surface area contributed by atoms with Crippen LogP contribution in [0.4, 0.5) is 0 Å². The lowest BCUT2D eigenvalue weighted by molar-refractivity contribution is -0.439. The van der Waals surface area contributed by atoms with E-state index in [1.807, 2.05) is 0 Å². The van der Waals surface area contributed by atoms with Crippen LogP contribution in [0.25, 0.3) is 0 Å². The number of aliphatic hydroxyl groups is 1. The van der Waals surface area contributed by atoms with E-state index in [4.69, 9.17) is 76.1 Å². The summed E-state index contributed by atoms with van der Waals surface area (Å²) < 4.78 is 80.9. The lowest BCUT2D eigenvalue weighted by atomic mass is 9.97. The molecule has 3 aliphatic rings. The highest BCUT2D eigenvalue weighted by molar-refractivity contribution is 4.95. The van der Waals surface area contributed by atoms with E-state index in [2.05, 4.69) is 0 Å². The molecule has 0 aromatic rings. The highest BCUT2D eigenvalue weighted by Crippen LogP contribution is 2.32. The monoisotopic (exact) mass is 660 g/mol. The Labute approximate surface area is 264 Å². The van der Waals surface area contributed by atoms with Gasteiger partial charge in [0.1, 0.15) is 79.9 Å². The Morgan fingerprint density at radius 1 is 0.400 bits per heavy atom. The number of hydrogen-bond donors (Lipinski definition) is 1. The van der Waals surface area contributed by atoms with E-state index in [-0.39, 0.29) is 19.8 Å². The first-order valence-electron chi connectivity index (χ1n) is 14.6. The van der Waals surface area contributed by atoms with Gasteiger partial charge in [0.05, 0.1) is 13.2 Å². The maximum absolute atomic E-state index is 9.86. The third kappa shape index (κ3) is 8.68. The number of aliphatic hydroxyl groups excluding tert-OH is 1. The number of hydrogen-bond acceptors (Lipinski definition) is 17. The summed E-state index contributed by atoms with van der Waals surface area (Å²) in [6.45, 7) is -0.450. The van der Waals surface area contributed by atoms with E-state index in [1.165, 1.54) is 49.8 Å². The van der Waals surface area contributed by atoms with Crippen LogP contribution in [0, 0.1) is 0 Å². The molecule has 17 heteroatoms. The highest BCUT2D eigenvalue weighted by Gasteiger charge is 2.52. The average Bonchev–Trinajstić information content (AvgIpc) is 3.08. The van der Waals surface area contributed by atoms with E-state index >= 15 is 0 Å². The fraction of sp³-hybridized carbons (Fsp3) is 1.00. The fourth-order valence-electron chi connectivity index (χ4n) is 6.22. The number of ether oxygens (including phenoxy) is 14. The molecule has 0 spiro atoms. The molecule has 0 aliphatic carbocycles. The molecule has 0 radical (unpaired) electrons. The first kappa shape index (κ1) is 38.8. The second-order valence-corrected chi connectivity index (χ2v) is 10.6. The lowest BCUT2D eigenvalue weighted by Gasteiger charge is -2.46. The first-order chi connectivity index (χ1) is 21.9. The van der Waals surface area contributed by atoms with Crippen LogP contribution in [0.15, 0.2) is 0 Å². The van der Waals surface area contributed by atoms with Crippen molar-refractivity contribution in [1.29, 1.82) is 0 Å². The van der Waals surface area contributed by atoms with E-state index in [9.17, 15) is 5.11 Å². The molecule has 1 N–H and O–H groups in total. The smallest absolute Gasteiger partial charge is 0.220 e. The molecule has 0 aromatic carbocycles. The fourth-order valence-corrected chi connectivity index (χ4v) is 6.22. The standard InChI is InChI=1S/C28H52O17/c1-30-17-14(11-29)42-28(25(38-9)20(17)33-4)45-41-13-16-19(32-3)22(35-6)24(37-8)27(44-16)40-12-15-18(31-2)21(34-5)23(36-7)26(39-10)43-15/h14-29H,11-13H2,1-10H3/t14-,15-,16-,17-,18-,19-,20-,21-,22-,23?,24?,25?,26-,27-,28+/m1/s1. The summed E-state index contributed by atoms with van der Waals surface area (Å²) in [5.74, 6) is 0. The van der Waals surface area contributed by atoms with Crippen LogP contribution in [0.3, 0.4) is 0 Å². The number of rotatable bonds is 18. The number of methoxy groups -OCH3 is 10. The Morgan fingerprint density at radius 3 is 1.22 bits per heavy atom. The van der Waals surface area contributed by atoms with Crippen molar-refractivity contribution in [1.82, 2.24) is 0 Å². The first-order valence-corrected chi connectivity index (χ1v) is 14.6. The quantitative estimate of drug-likeness (QED) is 0.139. The molecule has 3 heterocycles. The van der Waals surface area contributed by atoms with Gasteiger partial charge >= 0.3 is 0 Å². The molecule has 0 bridgehead atoms. The maximum atomic E-state index is 9.86. The van der Waals surface area contributed by atoms with Crippen molar-refractivity contribution in [3.05, 3.63) is 0 Å². The summed E-state index contributed by atoms with van der Waals surface area (Å²) in [5, 5.41) is 9.86. The van der Waals surface area contributed by atoms with Gasteiger partial charge in [-0.3, -0.25) is 0 Å². The van der Waals surface area contributed by atoms with Crippen LogP contribution < -0.4 is 0 Å². The zero-order chi connectivity index (χ0) is 33.1. The third-order valence-corrected chi connectivity index (χ3v) is 8.46. The maximum Gasteiger partial charge on any atom is 0.220 e. The molecule has 0 saturated carbocycles. The minimum Gasteiger partial charge on any atom is -0.394 e. The molecular weight excluding hydrogens is 608 g/mol. The average molecular weight is 661 g/mol. The minimum absolute atomic E-state index is 0.0183. The van der Waals surface area contributed by atoms with Crippen LogP contribution in [-0.4, -0.2) is 188 Å². The Kier molecular flexibility index (Phi) is 16.7. The highest BCUT2D eigenvalue weighted by atomic mass is 17.2. The molecular formula is C28H52O17. The molecule has 3 aliphatic heterocycles. The zero-order valence-corrected chi connectivity index (χ0v) is 27.8. The Balaban J connectivity index is 1.71. The largest absolute Gasteiger partial charge is 0.394 e. The molecule has 0 amide bonds. The second-order valence-electron chi connectivity index (χ2n) is 10.6. The predicted octanol–water partition coefficient (Wildman–Crippen LogP) is -1.10. The van der Waals surface area contributed by atoms with Crippen molar-refractivity contribution in [2.45, 2.75) is 92.1 Å². The minimum atomic E-state index is -1.06. The van der Waals surface area contributed by atoms with Gasteiger partial charge in [-0.2, -0.15) is 0 Å². The van der Waals surface area contributed by atoms with E-state index < -0.39 is 92.1 Å². The van der Waals surface area contributed by atoms with Gasteiger partial charge in [0.15, 0.2) is 12.6 Å². The normalized spacial score (nSPS) is 42.6. The molecule has 17 nitrogen and oxygen atoms in total. The third-order valence-electron chi connectivity index (χ3n) is 8.46. The topological polar surface area (TPSA) is 168 Å². The summed E-state index contributed by atoms with van der Waals surface area (Å²) in [7, 11) is 15.2. The van der Waals surface area contributed by atoms with Gasteiger partial charge in [-0.05, 0) is 0 Å². The summed E-state index contributed by atoms with van der Waals surface area (Å²) in [4.78, 5) is 11.3. The SMILES string of the molecule is COC1[C@H](OC)O[C@H](CO[C@@H]2O[C@H](COO[C@@H]3O[C@H](CO)[C@@H](OC)[C@@H](OC)C3OC)[C@@H](OC)[C@@H](OC)C2OC)[C@@H](OC)[C@H]1OC. The van der Waals surface area contributed by atoms with E-state index in [0.29, 0.717) is 0 Å². The van der Waals surface area contributed by atoms with Gasteiger partial charge in [-0.1, -0.05) is 0 Å². The molecule has 3 fully saturated rings. The van der Waals surface area contributed by atoms with Crippen LogP contribution in [0.2, 0.25) is 0 Å². The Bertz CT molecular complexity index is 811. The zero-order valence-electron chi connectivity index (χ0n) is 27.8. The van der Waals surface area contributed by atoms with Gasteiger partial charge in [0.25, 0.3) is 0 Å². The van der Waals surface area contributed by atoms with Crippen LogP contribution in [-0.2, 0) is 76.1 Å². The van der Waals surface area contributed by atoms with Crippen LogP contribution in [0.1, 0.15) is 0 Å². The second kappa shape index (κ2) is 19.4. The summed E-state index contributed by atoms with van der Waals surface area (Å²) >= 11 is 0. The van der Waals surface area contributed by atoms with Crippen molar-refractivity contribution >= 4 is 0 Å². The van der Waals surface area contributed by atoms with Gasteiger partial charge in [-0.25, -0.2) is 9.78 Å². The molecule has 3 rings (SSSR count). The van der Waals surface area contributed by atoms with E-state index in [1.54, 1.807) is 21.3 Å². The van der Waals surface area contributed by atoms with Crippen molar-refractivity contribution in [2.75, 3.05) is 90.9 Å². The Hall–Kier alpha value is -0.680. The van der Waals surface area contributed by atoms with Crippen molar-refractivity contribution in [2.24, 2.45) is 0 Å². The summed E-state index contributed by atoms with van der Waals surface area (Å²) in [6.07, 6.45) is -10.3. The summed E-state index contributed by atoms with van der Waals surface area (Å²) in [6, 6.07) is 0.